The summed E-state index contributed by atoms with van der Waals surface area (Å²) in [5.74, 6) is -1.28. The van der Waals surface area contributed by atoms with Crippen LogP contribution in [0.4, 0.5) is 0 Å². The van der Waals surface area contributed by atoms with Crippen LogP contribution in [0.25, 0.3) is 0 Å². The molecule has 0 aromatic rings. The zero-order chi connectivity index (χ0) is 29.4. The summed E-state index contributed by atoms with van der Waals surface area (Å²) < 4.78 is 29.5. The molecule has 0 aromatic carbocycles. The van der Waals surface area contributed by atoms with Crippen molar-refractivity contribution in [3.8, 4) is 0 Å². The zero-order valence-corrected chi connectivity index (χ0v) is 24.1. The molecule has 2 aliphatic heterocycles. The lowest BCUT2D eigenvalue weighted by Crippen LogP contribution is -2.67. The van der Waals surface area contributed by atoms with E-state index in [-0.39, 0.29) is 24.3 Å². The standard InChI is InChI=1S/C27H49NO11/c1-12-8-13(2)20(18(31)19(12)37-23-14(3)9-15(30)16(10-28)35-23)38-24-22(33)27(7,21(32)17(11-29)36-24)25(34)39-26(4,5)6/h12-24,29-33H,8-11,28H2,1-7H3. The van der Waals surface area contributed by atoms with Crippen molar-refractivity contribution in [2.75, 3.05) is 13.2 Å². The fourth-order valence-corrected chi connectivity index (χ4v) is 5.92. The molecule has 0 radical (unpaired) electrons. The van der Waals surface area contributed by atoms with Gasteiger partial charge in [0.15, 0.2) is 12.6 Å². The van der Waals surface area contributed by atoms with Crippen molar-refractivity contribution in [2.24, 2.45) is 28.9 Å². The number of esters is 1. The number of aliphatic hydroxyl groups is 5. The van der Waals surface area contributed by atoms with Crippen molar-refractivity contribution in [3.05, 3.63) is 0 Å². The maximum Gasteiger partial charge on any atom is 0.317 e. The van der Waals surface area contributed by atoms with E-state index in [1.54, 1.807) is 20.8 Å². The van der Waals surface area contributed by atoms with Crippen molar-refractivity contribution in [3.63, 3.8) is 0 Å². The maximum atomic E-state index is 13.2. The summed E-state index contributed by atoms with van der Waals surface area (Å²) in [5.41, 5.74) is 2.97. The first-order valence-corrected chi connectivity index (χ1v) is 13.9. The van der Waals surface area contributed by atoms with Gasteiger partial charge < -0.3 is 55.0 Å². The Bertz CT molecular complexity index is 824. The highest BCUT2D eigenvalue weighted by Gasteiger charge is 2.60. The first-order chi connectivity index (χ1) is 18.0. The Morgan fingerprint density at radius 1 is 0.897 bits per heavy atom. The Morgan fingerprint density at radius 3 is 1.95 bits per heavy atom. The van der Waals surface area contributed by atoms with Gasteiger partial charge in [0.1, 0.15) is 35.4 Å². The second-order valence-corrected chi connectivity index (χ2v) is 12.8. The number of ether oxygens (including phenoxy) is 5. The fourth-order valence-electron chi connectivity index (χ4n) is 5.92. The number of nitrogens with two attached hydrogens (primary N) is 1. The van der Waals surface area contributed by atoms with E-state index < -0.39 is 85.0 Å². The van der Waals surface area contributed by atoms with Gasteiger partial charge >= 0.3 is 5.97 Å². The summed E-state index contributed by atoms with van der Waals surface area (Å²) in [5, 5.41) is 53.7. The number of aliphatic hydroxyl groups excluding tert-OH is 5. The molecule has 1 saturated carbocycles. The van der Waals surface area contributed by atoms with Crippen LogP contribution in [0.3, 0.4) is 0 Å². The van der Waals surface area contributed by atoms with Crippen molar-refractivity contribution < 1.29 is 54.0 Å². The van der Waals surface area contributed by atoms with Crippen LogP contribution in [0.2, 0.25) is 0 Å². The molecule has 0 bridgehead atoms. The van der Waals surface area contributed by atoms with Crippen LogP contribution in [0.1, 0.15) is 61.3 Å². The Morgan fingerprint density at radius 2 is 1.44 bits per heavy atom. The predicted molar refractivity (Wildman–Crippen MR) is 138 cm³/mol. The highest BCUT2D eigenvalue weighted by atomic mass is 16.7. The van der Waals surface area contributed by atoms with Crippen molar-refractivity contribution in [2.45, 2.75) is 128 Å². The Balaban J connectivity index is 1.81. The monoisotopic (exact) mass is 563 g/mol. The number of rotatable bonds is 7. The fraction of sp³-hybridized carbons (Fsp3) is 0.963. The molecular formula is C27H49NO11. The van der Waals surface area contributed by atoms with Gasteiger partial charge in [-0.2, -0.15) is 0 Å². The highest BCUT2D eigenvalue weighted by Crippen LogP contribution is 2.42. The van der Waals surface area contributed by atoms with Crippen LogP contribution in [-0.4, -0.2) is 112 Å². The third-order valence-corrected chi connectivity index (χ3v) is 8.34. The molecule has 12 heteroatoms. The van der Waals surface area contributed by atoms with Crippen molar-refractivity contribution in [1.29, 1.82) is 0 Å². The molecule has 3 fully saturated rings. The maximum absolute atomic E-state index is 13.2. The molecule has 2 heterocycles. The normalized spacial score (nSPS) is 47.6. The minimum atomic E-state index is -1.88. The third kappa shape index (κ3) is 6.77. The molecule has 3 aliphatic rings. The molecule has 12 nitrogen and oxygen atoms in total. The van der Waals surface area contributed by atoms with E-state index in [1.165, 1.54) is 6.92 Å². The summed E-state index contributed by atoms with van der Waals surface area (Å²) in [6.07, 6.45) is -9.61. The summed E-state index contributed by atoms with van der Waals surface area (Å²) in [6, 6.07) is 0. The van der Waals surface area contributed by atoms with E-state index in [0.29, 0.717) is 12.8 Å². The second kappa shape index (κ2) is 12.5. The van der Waals surface area contributed by atoms with Gasteiger partial charge in [-0.15, -0.1) is 0 Å². The molecule has 0 amide bonds. The number of carbonyl (C=O) groups excluding carboxylic acids is 1. The SMILES string of the molecule is CC1CC(O)C(CN)OC1OC1C(C)CC(C)C(OC2OC(CO)C(O)C(C)(C(=O)OC(C)(C)C)C2O)C1O. The molecule has 2 saturated heterocycles. The minimum Gasteiger partial charge on any atom is -0.459 e. The lowest BCUT2D eigenvalue weighted by atomic mass is 9.73. The average molecular weight is 564 g/mol. The summed E-state index contributed by atoms with van der Waals surface area (Å²) >= 11 is 0. The van der Waals surface area contributed by atoms with Crippen LogP contribution in [0, 0.1) is 23.2 Å². The average Bonchev–Trinajstić information content (AvgIpc) is 2.84. The highest BCUT2D eigenvalue weighted by molar-refractivity contribution is 5.78. The van der Waals surface area contributed by atoms with Gasteiger partial charge in [-0.1, -0.05) is 20.8 Å². The third-order valence-electron chi connectivity index (χ3n) is 8.34. The smallest absolute Gasteiger partial charge is 0.317 e. The quantitative estimate of drug-likeness (QED) is 0.221. The van der Waals surface area contributed by atoms with Gasteiger partial charge in [0.2, 0.25) is 0 Å². The van der Waals surface area contributed by atoms with Crippen LogP contribution in [0.5, 0.6) is 0 Å². The van der Waals surface area contributed by atoms with E-state index >= 15 is 0 Å². The molecule has 14 unspecified atom stereocenters. The Hall–Kier alpha value is -0.930. The van der Waals surface area contributed by atoms with Gasteiger partial charge in [0.05, 0.1) is 31.0 Å². The minimum absolute atomic E-state index is 0.0786. The second-order valence-electron chi connectivity index (χ2n) is 12.8. The van der Waals surface area contributed by atoms with Crippen LogP contribution >= 0.6 is 0 Å². The molecule has 39 heavy (non-hydrogen) atoms. The molecule has 1 aliphatic carbocycles. The predicted octanol–water partition coefficient (Wildman–Crippen LogP) is -0.349. The van der Waals surface area contributed by atoms with Crippen molar-refractivity contribution in [1.82, 2.24) is 0 Å². The van der Waals surface area contributed by atoms with Crippen LogP contribution in [-0.2, 0) is 28.5 Å². The lowest BCUT2D eigenvalue weighted by Gasteiger charge is -2.50. The Kier molecular flexibility index (Phi) is 10.5. The molecular weight excluding hydrogens is 514 g/mol. The molecule has 14 atom stereocenters. The van der Waals surface area contributed by atoms with E-state index in [1.807, 2.05) is 20.8 Å². The van der Waals surface area contributed by atoms with Crippen molar-refractivity contribution >= 4 is 5.97 Å². The van der Waals surface area contributed by atoms with Crippen LogP contribution < -0.4 is 5.73 Å². The number of carbonyl (C=O) groups is 1. The Labute approximate surface area is 230 Å². The molecule has 3 rings (SSSR count). The summed E-state index contributed by atoms with van der Waals surface area (Å²) in [4.78, 5) is 13.2. The van der Waals surface area contributed by atoms with E-state index in [0.717, 1.165) is 0 Å². The summed E-state index contributed by atoms with van der Waals surface area (Å²) in [7, 11) is 0. The lowest BCUT2D eigenvalue weighted by molar-refractivity contribution is -0.342. The van der Waals surface area contributed by atoms with Gasteiger partial charge in [-0.25, -0.2) is 0 Å². The van der Waals surface area contributed by atoms with Gasteiger partial charge in [0.25, 0.3) is 0 Å². The molecule has 0 aromatic heterocycles. The zero-order valence-electron chi connectivity index (χ0n) is 24.1. The van der Waals surface area contributed by atoms with Gasteiger partial charge in [0, 0.05) is 12.5 Å². The van der Waals surface area contributed by atoms with E-state index in [2.05, 4.69) is 0 Å². The molecule has 228 valence electrons. The number of hydrogen-bond acceptors (Lipinski definition) is 12. The topological polar surface area (TPSA) is 190 Å². The first-order valence-electron chi connectivity index (χ1n) is 13.9. The van der Waals surface area contributed by atoms with Gasteiger partial charge in [-0.3, -0.25) is 4.79 Å². The van der Waals surface area contributed by atoms with Crippen LogP contribution in [0.15, 0.2) is 0 Å². The number of hydrogen-bond donors (Lipinski definition) is 6. The van der Waals surface area contributed by atoms with E-state index in [4.69, 9.17) is 29.4 Å². The molecule has 7 N–H and O–H groups in total. The van der Waals surface area contributed by atoms with Gasteiger partial charge in [-0.05, 0) is 52.4 Å². The van der Waals surface area contributed by atoms with E-state index in [9.17, 15) is 30.3 Å². The first kappa shape index (κ1) is 32.6. The molecule has 0 spiro atoms. The summed E-state index contributed by atoms with van der Waals surface area (Å²) in [6.45, 7) is 11.6. The largest absolute Gasteiger partial charge is 0.459 e.